The molecule has 0 aromatic heterocycles. The molecular weight excluding hydrogens is 460 g/mol. The third-order valence-corrected chi connectivity index (χ3v) is 6.87. The van der Waals surface area contributed by atoms with Crippen molar-refractivity contribution in [3.05, 3.63) is 71.3 Å². The maximum atomic E-state index is 11.4. The Morgan fingerprint density at radius 2 is 1.08 bits per heavy atom. The van der Waals surface area contributed by atoms with Crippen molar-refractivity contribution in [2.45, 2.75) is 37.4 Å². The highest BCUT2D eigenvalue weighted by Gasteiger charge is 2.38. The SMILES string of the molecule is COc1cc([C@@H]2CC[C@H](c3cc(OC)c(OCc4ccccc4)c(OC)c3)[C@H]2O)cc(OC)c1OC. The van der Waals surface area contributed by atoms with Crippen LogP contribution in [0.4, 0.5) is 0 Å². The van der Waals surface area contributed by atoms with Gasteiger partial charge in [0, 0.05) is 11.8 Å². The van der Waals surface area contributed by atoms with E-state index in [0.29, 0.717) is 41.1 Å². The van der Waals surface area contributed by atoms with E-state index in [1.54, 1.807) is 35.5 Å². The van der Waals surface area contributed by atoms with Gasteiger partial charge in [0.15, 0.2) is 23.0 Å². The highest BCUT2D eigenvalue weighted by atomic mass is 16.5. The molecule has 1 fully saturated rings. The van der Waals surface area contributed by atoms with Crippen LogP contribution < -0.4 is 28.4 Å². The van der Waals surface area contributed by atoms with E-state index in [9.17, 15) is 5.11 Å². The first kappa shape index (κ1) is 25.5. The molecule has 192 valence electrons. The van der Waals surface area contributed by atoms with E-state index in [-0.39, 0.29) is 11.8 Å². The molecule has 1 aliphatic carbocycles. The molecule has 1 aliphatic rings. The number of ether oxygens (including phenoxy) is 6. The van der Waals surface area contributed by atoms with Gasteiger partial charge in [-0.3, -0.25) is 0 Å². The Labute approximate surface area is 212 Å². The van der Waals surface area contributed by atoms with E-state index in [2.05, 4.69) is 0 Å². The van der Waals surface area contributed by atoms with E-state index >= 15 is 0 Å². The number of methoxy groups -OCH3 is 5. The van der Waals surface area contributed by atoms with Crippen molar-refractivity contribution in [2.75, 3.05) is 35.5 Å². The lowest BCUT2D eigenvalue weighted by atomic mass is 9.89. The third-order valence-electron chi connectivity index (χ3n) is 6.87. The molecule has 3 aromatic rings. The molecule has 36 heavy (non-hydrogen) atoms. The Bertz CT molecular complexity index is 1110. The second-order valence-corrected chi connectivity index (χ2v) is 8.77. The van der Waals surface area contributed by atoms with Gasteiger partial charge >= 0.3 is 0 Å². The Morgan fingerprint density at radius 1 is 0.639 bits per heavy atom. The monoisotopic (exact) mass is 494 g/mol. The molecule has 0 heterocycles. The van der Waals surface area contributed by atoms with Crippen molar-refractivity contribution >= 4 is 0 Å². The van der Waals surface area contributed by atoms with Crippen molar-refractivity contribution < 1.29 is 33.5 Å². The standard InChI is InChI=1S/C29H34O7/c1-31-23-13-19(14-24(32-2)28(23)35-5)21-11-12-22(27(21)30)20-15-25(33-3)29(26(16-20)34-4)36-17-18-9-7-6-8-10-18/h6-10,13-16,21-22,27,30H,11-12,17H2,1-5H3/t21-,22+,27-/m0/s1. The summed E-state index contributed by atoms with van der Waals surface area (Å²) in [7, 11) is 7.98. The van der Waals surface area contributed by atoms with E-state index in [0.717, 1.165) is 29.5 Å². The van der Waals surface area contributed by atoms with Gasteiger partial charge in [-0.1, -0.05) is 30.3 Å². The molecule has 0 saturated heterocycles. The molecule has 0 radical (unpaired) electrons. The first-order valence-electron chi connectivity index (χ1n) is 11.9. The fraction of sp³-hybridized carbons (Fsp3) is 0.379. The number of rotatable bonds is 10. The minimum Gasteiger partial charge on any atom is -0.493 e. The molecule has 0 aliphatic heterocycles. The molecule has 0 unspecified atom stereocenters. The minimum absolute atomic E-state index is 0.0882. The van der Waals surface area contributed by atoms with E-state index < -0.39 is 6.10 Å². The zero-order valence-corrected chi connectivity index (χ0v) is 21.4. The van der Waals surface area contributed by atoms with Crippen LogP contribution in [0.25, 0.3) is 0 Å². The Balaban J connectivity index is 1.61. The topological polar surface area (TPSA) is 75.6 Å². The summed E-state index contributed by atoms with van der Waals surface area (Å²) in [5, 5.41) is 11.4. The van der Waals surface area contributed by atoms with Crippen molar-refractivity contribution in [1.29, 1.82) is 0 Å². The van der Waals surface area contributed by atoms with Crippen LogP contribution in [0, 0.1) is 0 Å². The zero-order chi connectivity index (χ0) is 25.7. The van der Waals surface area contributed by atoms with Crippen LogP contribution in [-0.4, -0.2) is 46.8 Å². The number of hydrogen-bond donors (Lipinski definition) is 1. The molecular formula is C29H34O7. The van der Waals surface area contributed by atoms with Crippen molar-refractivity contribution in [3.63, 3.8) is 0 Å². The Hall–Kier alpha value is -3.58. The molecule has 3 aromatic carbocycles. The lowest BCUT2D eigenvalue weighted by Crippen LogP contribution is -2.19. The van der Waals surface area contributed by atoms with Crippen LogP contribution in [0.2, 0.25) is 0 Å². The predicted molar refractivity (Wildman–Crippen MR) is 137 cm³/mol. The average molecular weight is 495 g/mol. The van der Waals surface area contributed by atoms with Gasteiger partial charge in [-0.15, -0.1) is 0 Å². The van der Waals surface area contributed by atoms with E-state index in [1.807, 2.05) is 54.6 Å². The predicted octanol–water partition coefficient (Wildman–Crippen LogP) is 5.33. The Kier molecular flexibility index (Phi) is 8.10. The van der Waals surface area contributed by atoms with Crippen LogP contribution in [0.1, 0.15) is 41.4 Å². The molecule has 4 rings (SSSR count). The number of benzene rings is 3. The van der Waals surface area contributed by atoms with Gasteiger partial charge in [0.1, 0.15) is 6.61 Å². The molecule has 3 atom stereocenters. The number of aliphatic hydroxyl groups excluding tert-OH is 1. The lowest BCUT2D eigenvalue weighted by molar-refractivity contribution is 0.145. The molecule has 1 saturated carbocycles. The van der Waals surface area contributed by atoms with Crippen LogP contribution in [0.15, 0.2) is 54.6 Å². The van der Waals surface area contributed by atoms with E-state index in [4.69, 9.17) is 28.4 Å². The van der Waals surface area contributed by atoms with Gasteiger partial charge in [-0.25, -0.2) is 0 Å². The van der Waals surface area contributed by atoms with Gasteiger partial charge in [0.25, 0.3) is 0 Å². The minimum atomic E-state index is -0.613. The molecule has 0 bridgehead atoms. The fourth-order valence-electron chi connectivity index (χ4n) is 5.01. The molecule has 1 N–H and O–H groups in total. The fourth-order valence-corrected chi connectivity index (χ4v) is 5.01. The first-order chi connectivity index (χ1) is 17.5. The highest BCUT2D eigenvalue weighted by Crippen LogP contribution is 2.50. The summed E-state index contributed by atoms with van der Waals surface area (Å²) in [6, 6.07) is 17.6. The van der Waals surface area contributed by atoms with E-state index in [1.165, 1.54) is 0 Å². The molecule has 7 heteroatoms. The smallest absolute Gasteiger partial charge is 0.203 e. The van der Waals surface area contributed by atoms with Gasteiger partial charge in [0.2, 0.25) is 11.5 Å². The highest BCUT2D eigenvalue weighted by molar-refractivity contribution is 5.56. The Morgan fingerprint density at radius 3 is 1.50 bits per heavy atom. The maximum absolute atomic E-state index is 11.4. The van der Waals surface area contributed by atoms with Crippen molar-refractivity contribution in [1.82, 2.24) is 0 Å². The lowest BCUT2D eigenvalue weighted by Gasteiger charge is -2.23. The van der Waals surface area contributed by atoms with Gasteiger partial charge < -0.3 is 33.5 Å². The quantitative estimate of drug-likeness (QED) is 0.408. The third kappa shape index (κ3) is 5.02. The second-order valence-electron chi connectivity index (χ2n) is 8.77. The normalized spacial score (nSPS) is 19.0. The first-order valence-corrected chi connectivity index (χ1v) is 11.9. The summed E-state index contributed by atoms with van der Waals surface area (Å²) in [6.45, 7) is 0.391. The summed E-state index contributed by atoms with van der Waals surface area (Å²) in [6.07, 6.45) is 0.999. The molecule has 0 amide bonds. The van der Waals surface area contributed by atoms with Gasteiger partial charge in [-0.2, -0.15) is 0 Å². The number of hydrogen-bond acceptors (Lipinski definition) is 7. The van der Waals surface area contributed by atoms with Crippen LogP contribution >= 0.6 is 0 Å². The summed E-state index contributed by atoms with van der Waals surface area (Å²) in [4.78, 5) is 0. The molecule has 7 nitrogen and oxygen atoms in total. The van der Waals surface area contributed by atoms with Gasteiger partial charge in [-0.05, 0) is 53.8 Å². The van der Waals surface area contributed by atoms with Crippen LogP contribution in [0.5, 0.6) is 34.5 Å². The largest absolute Gasteiger partial charge is 0.493 e. The molecule has 0 spiro atoms. The second kappa shape index (κ2) is 11.4. The maximum Gasteiger partial charge on any atom is 0.203 e. The summed E-state index contributed by atoms with van der Waals surface area (Å²) in [5.41, 5.74) is 2.93. The van der Waals surface area contributed by atoms with Crippen molar-refractivity contribution in [2.24, 2.45) is 0 Å². The van der Waals surface area contributed by atoms with Gasteiger partial charge in [0.05, 0.1) is 41.7 Å². The zero-order valence-electron chi connectivity index (χ0n) is 21.4. The number of aliphatic hydroxyl groups is 1. The van der Waals surface area contributed by atoms with Crippen LogP contribution in [0.3, 0.4) is 0 Å². The van der Waals surface area contributed by atoms with Crippen LogP contribution in [-0.2, 0) is 6.61 Å². The van der Waals surface area contributed by atoms with Crippen molar-refractivity contribution in [3.8, 4) is 34.5 Å². The average Bonchev–Trinajstić information content (AvgIpc) is 3.32. The summed E-state index contributed by atoms with van der Waals surface area (Å²) >= 11 is 0. The summed E-state index contributed by atoms with van der Waals surface area (Å²) in [5.74, 6) is 3.19. The summed E-state index contributed by atoms with van der Waals surface area (Å²) < 4.78 is 33.9.